The van der Waals surface area contributed by atoms with Crippen LogP contribution in [0.4, 0.5) is 11.4 Å². The van der Waals surface area contributed by atoms with Crippen LogP contribution in [0.5, 0.6) is 0 Å². The van der Waals surface area contributed by atoms with Crippen molar-refractivity contribution in [3.05, 3.63) is 28.3 Å². The Balaban J connectivity index is 3.33. The van der Waals surface area contributed by atoms with Gasteiger partial charge in [-0.05, 0) is 12.1 Å². The van der Waals surface area contributed by atoms with Gasteiger partial charge in [-0.1, -0.05) is 13.8 Å². The molecule has 9 nitrogen and oxygen atoms in total. The molecule has 0 unspecified atom stereocenters. The van der Waals surface area contributed by atoms with Crippen LogP contribution in [0.1, 0.15) is 13.8 Å². The summed E-state index contributed by atoms with van der Waals surface area (Å²) in [7, 11) is 0.918. The molecule has 0 aliphatic heterocycles. The summed E-state index contributed by atoms with van der Waals surface area (Å²) in [5.74, 6) is -0.225. The number of nitrogens with zero attached hydrogens (tertiary/aromatic N) is 4. The number of hydrogen-bond donors (Lipinski definition) is 0. The number of carbonyl (C=O) groups excluding carboxylic acids is 1. The van der Waals surface area contributed by atoms with E-state index < -0.39 is 14.9 Å². The van der Waals surface area contributed by atoms with Gasteiger partial charge in [0.25, 0.3) is 5.69 Å². The lowest BCUT2D eigenvalue weighted by Gasteiger charge is -2.22. The topological polar surface area (TPSA) is 104 Å². The van der Waals surface area contributed by atoms with Crippen molar-refractivity contribution in [3.8, 4) is 0 Å². The Morgan fingerprint density at radius 3 is 2.16 bits per heavy atom. The first-order chi connectivity index (χ1) is 11.6. The molecule has 25 heavy (non-hydrogen) atoms. The van der Waals surface area contributed by atoms with Gasteiger partial charge in [-0.2, -0.15) is 4.31 Å². The lowest BCUT2D eigenvalue weighted by molar-refractivity contribution is -0.384. The van der Waals surface area contributed by atoms with Crippen molar-refractivity contribution in [3.63, 3.8) is 0 Å². The molecule has 0 radical (unpaired) electrons. The Morgan fingerprint density at radius 2 is 1.72 bits per heavy atom. The molecule has 0 bridgehead atoms. The maximum absolute atomic E-state index is 12.5. The molecule has 1 rings (SSSR count). The Morgan fingerprint density at radius 1 is 1.16 bits per heavy atom. The highest BCUT2D eigenvalue weighted by Crippen LogP contribution is 2.31. The van der Waals surface area contributed by atoms with Gasteiger partial charge >= 0.3 is 0 Å². The van der Waals surface area contributed by atoms with Gasteiger partial charge in [-0.25, -0.2) is 8.42 Å². The number of sulfonamides is 1. The van der Waals surface area contributed by atoms with E-state index in [4.69, 9.17) is 0 Å². The van der Waals surface area contributed by atoms with Gasteiger partial charge in [-0.15, -0.1) is 0 Å². The molecule has 0 aliphatic carbocycles. The average Bonchev–Trinajstić information content (AvgIpc) is 2.54. The summed E-state index contributed by atoms with van der Waals surface area (Å²) in [4.78, 5) is 25.2. The van der Waals surface area contributed by atoms with E-state index in [9.17, 15) is 23.3 Å². The third kappa shape index (κ3) is 4.67. The molecule has 0 saturated carbocycles. The fraction of sp³-hybridized carbons (Fsp3) is 0.533. The fourth-order valence-electron chi connectivity index (χ4n) is 2.27. The molecule has 1 amide bonds. The quantitative estimate of drug-likeness (QED) is 0.501. The number of hydrogen-bond acceptors (Lipinski definition) is 6. The summed E-state index contributed by atoms with van der Waals surface area (Å²) >= 11 is 0. The maximum atomic E-state index is 12.5. The van der Waals surface area contributed by atoms with Gasteiger partial charge in [0.2, 0.25) is 15.9 Å². The van der Waals surface area contributed by atoms with E-state index in [-0.39, 0.29) is 41.8 Å². The molecular weight excluding hydrogens is 348 g/mol. The van der Waals surface area contributed by atoms with E-state index >= 15 is 0 Å². The van der Waals surface area contributed by atoms with Crippen molar-refractivity contribution >= 4 is 27.3 Å². The summed E-state index contributed by atoms with van der Waals surface area (Å²) < 4.78 is 26.3. The molecule has 1 aromatic rings. The molecule has 0 aromatic heterocycles. The molecule has 10 heteroatoms. The summed E-state index contributed by atoms with van der Waals surface area (Å²) in [5.41, 5.74) is -0.180. The van der Waals surface area contributed by atoms with Crippen molar-refractivity contribution in [1.82, 2.24) is 9.21 Å². The van der Waals surface area contributed by atoms with Crippen LogP contribution in [0, 0.1) is 10.1 Å². The Kier molecular flexibility index (Phi) is 6.88. The summed E-state index contributed by atoms with van der Waals surface area (Å²) in [6.07, 6.45) is 0. The van der Waals surface area contributed by atoms with Gasteiger partial charge in [-0.3, -0.25) is 14.9 Å². The minimum Gasteiger partial charge on any atom is -0.360 e. The zero-order valence-corrected chi connectivity index (χ0v) is 15.9. The monoisotopic (exact) mass is 372 g/mol. The largest absolute Gasteiger partial charge is 0.360 e. The van der Waals surface area contributed by atoms with Crippen molar-refractivity contribution in [2.24, 2.45) is 0 Å². The number of nitro groups is 1. The van der Waals surface area contributed by atoms with E-state index in [2.05, 4.69) is 0 Å². The van der Waals surface area contributed by atoms with E-state index in [1.807, 2.05) is 0 Å². The van der Waals surface area contributed by atoms with Crippen LogP contribution in [0.25, 0.3) is 0 Å². The van der Waals surface area contributed by atoms with Gasteiger partial charge in [0.05, 0.1) is 16.4 Å². The predicted molar refractivity (Wildman–Crippen MR) is 95.2 cm³/mol. The van der Waals surface area contributed by atoms with Crippen molar-refractivity contribution in [2.45, 2.75) is 18.7 Å². The first-order valence-corrected chi connectivity index (χ1v) is 9.20. The Labute approximate surface area is 148 Å². The minimum atomic E-state index is -3.80. The molecule has 140 valence electrons. The van der Waals surface area contributed by atoms with E-state index in [1.165, 1.54) is 26.2 Å². The van der Waals surface area contributed by atoms with Gasteiger partial charge in [0.15, 0.2) is 0 Å². The number of carbonyl (C=O) groups is 1. The zero-order valence-electron chi connectivity index (χ0n) is 15.1. The Bertz CT molecular complexity index is 744. The highest BCUT2D eigenvalue weighted by atomic mass is 32.2. The van der Waals surface area contributed by atoms with Crippen LogP contribution in [-0.2, 0) is 14.8 Å². The minimum absolute atomic E-state index is 0.0595. The molecule has 0 saturated heterocycles. The molecule has 0 heterocycles. The molecule has 0 spiro atoms. The van der Waals surface area contributed by atoms with Gasteiger partial charge in [0, 0.05) is 40.3 Å². The summed E-state index contributed by atoms with van der Waals surface area (Å²) in [5, 5.41) is 11.4. The van der Waals surface area contributed by atoms with E-state index in [0.29, 0.717) is 0 Å². The normalized spacial score (nSPS) is 11.4. The fourth-order valence-corrected chi connectivity index (χ4v) is 3.75. The molecule has 0 atom stereocenters. The van der Waals surface area contributed by atoms with Crippen molar-refractivity contribution < 1.29 is 18.1 Å². The smallest absolute Gasteiger partial charge is 0.293 e. The van der Waals surface area contributed by atoms with E-state index in [1.54, 1.807) is 35.0 Å². The van der Waals surface area contributed by atoms with Crippen LogP contribution >= 0.6 is 0 Å². The lowest BCUT2D eigenvalue weighted by atomic mass is 10.2. The second-order valence-corrected chi connectivity index (χ2v) is 7.58. The average molecular weight is 372 g/mol. The molecule has 0 N–H and O–H groups in total. The Hall–Kier alpha value is -2.20. The van der Waals surface area contributed by atoms with Crippen LogP contribution in [-0.4, -0.2) is 69.2 Å². The van der Waals surface area contributed by atoms with Gasteiger partial charge < -0.3 is 9.80 Å². The number of rotatable bonds is 8. The third-order valence-electron chi connectivity index (χ3n) is 3.77. The first-order valence-electron chi connectivity index (χ1n) is 7.76. The van der Waals surface area contributed by atoms with Crippen molar-refractivity contribution in [2.75, 3.05) is 45.7 Å². The summed E-state index contributed by atoms with van der Waals surface area (Å²) in [6, 6.07) is 3.73. The second kappa shape index (κ2) is 8.26. The zero-order chi connectivity index (χ0) is 19.4. The molecule has 1 aromatic carbocycles. The third-order valence-corrected chi connectivity index (χ3v) is 5.82. The highest BCUT2D eigenvalue weighted by Gasteiger charge is 2.27. The number of anilines is 1. The SMILES string of the molecule is CCN(CC)S(=O)(=O)c1ccc(N(C)CC(=O)N(C)C)c([N+](=O)[O-])c1. The predicted octanol–water partition coefficient (Wildman–Crippen LogP) is 1.15. The lowest BCUT2D eigenvalue weighted by Crippen LogP contribution is -2.34. The van der Waals surface area contributed by atoms with Crippen LogP contribution in [0.15, 0.2) is 23.1 Å². The van der Waals surface area contributed by atoms with Crippen LogP contribution in [0.2, 0.25) is 0 Å². The maximum Gasteiger partial charge on any atom is 0.293 e. The number of amides is 1. The second-order valence-electron chi connectivity index (χ2n) is 5.64. The van der Waals surface area contributed by atoms with Crippen LogP contribution in [0.3, 0.4) is 0 Å². The molecule has 0 aliphatic rings. The molecular formula is C15H24N4O5S. The van der Waals surface area contributed by atoms with Gasteiger partial charge in [0.1, 0.15) is 5.69 Å². The number of nitro benzene ring substituents is 1. The summed E-state index contributed by atoms with van der Waals surface area (Å²) in [6.45, 7) is 3.88. The number of benzene rings is 1. The van der Waals surface area contributed by atoms with Crippen LogP contribution < -0.4 is 4.90 Å². The van der Waals surface area contributed by atoms with Crippen molar-refractivity contribution in [1.29, 1.82) is 0 Å². The number of likely N-dealkylation sites (N-methyl/N-ethyl adjacent to an activating group) is 2. The first kappa shape index (κ1) is 20.8. The molecule has 0 fully saturated rings. The van der Waals surface area contributed by atoms with E-state index in [0.717, 1.165) is 6.07 Å². The standard InChI is InChI=1S/C15H24N4O5S/c1-6-18(7-2)25(23,24)12-8-9-13(14(10-12)19(21)22)17(5)11-15(20)16(3)4/h8-10H,6-7,11H2,1-5H3. The highest BCUT2D eigenvalue weighted by molar-refractivity contribution is 7.89.